The van der Waals surface area contributed by atoms with Gasteiger partial charge in [-0.05, 0) is 24.6 Å². The van der Waals surface area contributed by atoms with Crippen LogP contribution in [0.15, 0.2) is 42.6 Å². The van der Waals surface area contributed by atoms with Crippen LogP contribution in [-0.4, -0.2) is 31.2 Å². The summed E-state index contributed by atoms with van der Waals surface area (Å²) in [6.45, 7) is 1.12. The van der Waals surface area contributed by atoms with Gasteiger partial charge in [-0.1, -0.05) is 6.07 Å². The third kappa shape index (κ3) is 3.98. The third-order valence-corrected chi connectivity index (χ3v) is 3.57. The first-order valence-corrected chi connectivity index (χ1v) is 7.41. The number of pyridine rings is 1. The van der Waals surface area contributed by atoms with Crippen LogP contribution in [0.5, 0.6) is 17.4 Å². The summed E-state index contributed by atoms with van der Waals surface area (Å²) in [5, 5.41) is 2.84. The van der Waals surface area contributed by atoms with Crippen LogP contribution in [0.3, 0.4) is 0 Å². The first-order chi connectivity index (χ1) is 11.2. The van der Waals surface area contributed by atoms with Crippen LogP contribution in [0.4, 0.5) is 5.69 Å². The number of benzene rings is 1. The highest BCUT2D eigenvalue weighted by Crippen LogP contribution is 2.24. The Morgan fingerprint density at radius 2 is 2.17 bits per heavy atom. The van der Waals surface area contributed by atoms with E-state index in [1.807, 2.05) is 18.2 Å². The maximum Gasteiger partial charge on any atom is 0.229 e. The molecule has 1 saturated heterocycles. The zero-order valence-corrected chi connectivity index (χ0v) is 12.8. The predicted octanol–water partition coefficient (Wildman–Crippen LogP) is 2.86. The highest BCUT2D eigenvalue weighted by molar-refractivity contribution is 5.92. The van der Waals surface area contributed by atoms with E-state index in [9.17, 15) is 4.79 Å². The number of rotatable bonds is 5. The van der Waals surface area contributed by atoms with E-state index < -0.39 is 0 Å². The van der Waals surface area contributed by atoms with Crippen molar-refractivity contribution >= 4 is 11.6 Å². The lowest BCUT2D eigenvalue weighted by Crippen LogP contribution is -2.22. The Balaban J connectivity index is 1.61. The van der Waals surface area contributed by atoms with Crippen molar-refractivity contribution in [2.24, 2.45) is 5.92 Å². The van der Waals surface area contributed by atoms with Crippen molar-refractivity contribution in [3.63, 3.8) is 0 Å². The Bertz CT molecular complexity index is 667. The molecule has 1 unspecified atom stereocenters. The van der Waals surface area contributed by atoms with Gasteiger partial charge in [0.1, 0.15) is 11.5 Å². The number of nitrogens with one attached hydrogen (secondary N) is 1. The molecule has 1 amide bonds. The lowest BCUT2D eigenvalue weighted by molar-refractivity contribution is -0.119. The molecule has 2 heterocycles. The summed E-state index contributed by atoms with van der Waals surface area (Å²) >= 11 is 0. The average molecular weight is 314 g/mol. The standard InChI is InChI=1S/C17H18N2O4/c1-21-14-3-2-4-15(9-14)23-16-6-5-13(10-18-16)19-17(20)12-7-8-22-11-12/h2-6,9-10,12H,7-8,11H2,1H3,(H,19,20). The normalized spacial score (nSPS) is 16.8. The number of aromatic nitrogens is 1. The molecule has 1 aromatic carbocycles. The van der Waals surface area contributed by atoms with Crippen LogP contribution in [-0.2, 0) is 9.53 Å². The fourth-order valence-electron chi connectivity index (χ4n) is 2.29. The minimum atomic E-state index is -0.0808. The molecule has 6 nitrogen and oxygen atoms in total. The predicted molar refractivity (Wildman–Crippen MR) is 84.9 cm³/mol. The number of hydrogen-bond acceptors (Lipinski definition) is 5. The smallest absolute Gasteiger partial charge is 0.229 e. The van der Waals surface area contributed by atoms with Crippen LogP contribution in [0.25, 0.3) is 0 Å². The molecular weight excluding hydrogens is 296 g/mol. The monoisotopic (exact) mass is 314 g/mol. The van der Waals surface area contributed by atoms with E-state index in [0.29, 0.717) is 36.3 Å². The van der Waals surface area contributed by atoms with Crippen molar-refractivity contribution in [1.82, 2.24) is 4.98 Å². The molecule has 1 aliphatic rings. The number of anilines is 1. The highest BCUT2D eigenvalue weighted by atomic mass is 16.5. The van der Waals surface area contributed by atoms with E-state index in [1.54, 1.807) is 31.5 Å². The van der Waals surface area contributed by atoms with Gasteiger partial charge in [0, 0.05) is 18.7 Å². The van der Waals surface area contributed by atoms with E-state index >= 15 is 0 Å². The fourth-order valence-corrected chi connectivity index (χ4v) is 2.29. The summed E-state index contributed by atoms with van der Waals surface area (Å²) in [7, 11) is 1.60. The number of carbonyl (C=O) groups is 1. The van der Waals surface area contributed by atoms with Gasteiger partial charge >= 0.3 is 0 Å². The second-order valence-corrected chi connectivity index (χ2v) is 5.22. The Labute approximate surface area is 134 Å². The quantitative estimate of drug-likeness (QED) is 0.919. The summed E-state index contributed by atoms with van der Waals surface area (Å²) in [6.07, 6.45) is 2.33. The Morgan fingerprint density at radius 1 is 1.30 bits per heavy atom. The number of nitrogens with zero attached hydrogens (tertiary/aromatic N) is 1. The Kier molecular flexibility index (Phi) is 4.73. The summed E-state index contributed by atoms with van der Waals surface area (Å²) in [6, 6.07) is 10.7. The van der Waals surface area contributed by atoms with Crippen molar-refractivity contribution in [2.45, 2.75) is 6.42 Å². The van der Waals surface area contributed by atoms with Gasteiger partial charge in [0.2, 0.25) is 11.8 Å². The van der Waals surface area contributed by atoms with E-state index in [-0.39, 0.29) is 11.8 Å². The molecule has 1 fully saturated rings. The molecule has 1 aliphatic heterocycles. The Morgan fingerprint density at radius 3 is 2.87 bits per heavy atom. The minimum absolute atomic E-state index is 0.0363. The lowest BCUT2D eigenvalue weighted by atomic mass is 10.1. The summed E-state index contributed by atoms with van der Waals surface area (Å²) < 4.78 is 16.0. The number of carbonyl (C=O) groups excluding carboxylic acids is 1. The maximum absolute atomic E-state index is 12.0. The van der Waals surface area contributed by atoms with Crippen LogP contribution in [0, 0.1) is 5.92 Å². The molecule has 0 aliphatic carbocycles. The molecule has 0 radical (unpaired) electrons. The molecule has 6 heteroatoms. The van der Waals surface area contributed by atoms with Crippen LogP contribution < -0.4 is 14.8 Å². The summed E-state index contributed by atoms with van der Waals surface area (Å²) in [5.74, 6) is 1.68. The van der Waals surface area contributed by atoms with Gasteiger partial charge in [0.15, 0.2) is 0 Å². The van der Waals surface area contributed by atoms with Gasteiger partial charge in [-0.2, -0.15) is 0 Å². The fraction of sp³-hybridized carbons (Fsp3) is 0.294. The van der Waals surface area contributed by atoms with E-state index in [4.69, 9.17) is 14.2 Å². The number of hydrogen-bond donors (Lipinski definition) is 1. The number of methoxy groups -OCH3 is 1. The second kappa shape index (κ2) is 7.11. The molecule has 0 saturated carbocycles. The topological polar surface area (TPSA) is 69.7 Å². The van der Waals surface area contributed by atoms with Gasteiger partial charge in [-0.25, -0.2) is 4.98 Å². The third-order valence-electron chi connectivity index (χ3n) is 3.57. The van der Waals surface area contributed by atoms with Gasteiger partial charge in [-0.3, -0.25) is 4.79 Å². The molecule has 1 N–H and O–H groups in total. The largest absolute Gasteiger partial charge is 0.497 e. The summed E-state index contributed by atoms with van der Waals surface area (Å²) in [4.78, 5) is 16.2. The maximum atomic E-state index is 12.0. The first-order valence-electron chi connectivity index (χ1n) is 7.41. The highest BCUT2D eigenvalue weighted by Gasteiger charge is 2.23. The minimum Gasteiger partial charge on any atom is -0.497 e. The molecule has 3 rings (SSSR count). The van der Waals surface area contributed by atoms with Gasteiger partial charge < -0.3 is 19.5 Å². The molecule has 0 spiro atoms. The van der Waals surface area contributed by atoms with E-state index in [1.165, 1.54) is 0 Å². The number of ether oxygens (including phenoxy) is 3. The molecular formula is C17H18N2O4. The number of amides is 1. The van der Waals surface area contributed by atoms with E-state index in [0.717, 1.165) is 6.42 Å². The second-order valence-electron chi connectivity index (χ2n) is 5.22. The van der Waals surface area contributed by atoms with Crippen molar-refractivity contribution in [1.29, 1.82) is 0 Å². The SMILES string of the molecule is COc1cccc(Oc2ccc(NC(=O)C3CCOC3)cn2)c1. The molecule has 1 atom stereocenters. The van der Waals surface area contributed by atoms with Crippen LogP contribution in [0.2, 0.25) is 0 Å². The summed E-state index contributed by atoms with van der Waals surface area (Å²) in [5.41, 5.74) is 0.639. The van der Waals surface area contributed by atoms with Crippen LogP contribution in [0.1, 0.15) is 6.42 Å². The molecule has 120 valence electrons. The zero-order valence-electron chi connectivity index (χ0n) is 12.8. The average Bonchev–Trinajstić information content (AvgIpc) is 3.11. The molecule has 0 bridgehead atoms. The van der Waals surface area contributed by atoms with Crippen molar-refractivity contribution < 1.29 is 19.0 Å². The molecule has 23 heavy (non-hydrogen) atoms. The lowest BCUT2D eigenvalue weighted by Gasteiger charge is -2.10. The van der Waals surface area contributed by atoms with Gasteiger partial charge in [-0.15, -0.1) is 0 Å². The molecule has 2 aromatic rings. The van der Waals surface area contributed by atoms with Crippen molar-refractivity contribution in [2.75, 3.05) is 25.6 Å². The van der Waals surface area contributed by atoms with Gasteiger partial charge in [0.25, 0.3) is 0 Å². The zero-order chi connectivity index (χ0) is 16.1. The van der Waals surface area contributed by atoms with Crippen LogP contribution >= 0.6 is 0 Å². The first kappa shape index (κ1) is 15.3. The van der Waals surface area contributed by atoms with Gasteiger partial charge in [0.05, 0.1) is 31.5 Å². The van der Waals surface area contributed by atoms with Crippen molar-refractivity contribution in [3.8, 4) is 17.4 Å². The van der Waals surface area contributed by atoms with Crippen molar-refractivity contribution in [3.05, 3.63) is 42.6 Å². The van der Waals surface area contributed by atoms with E-state index in [2.05, 4.69) is 10.3 Å². The Hall–Kier alpha value is -2.60. The molecule has 1 aromatic heterocycles.